The van der Waals surface area contributed by atoms with E-state index >= 15 is 0 Å². The van der Waals surface area contributed by atoms with Crippen LogP contribution >= 0.6 is 0 Å². The predicted octanol–water partition coefficient (Wildman–Crippen LogP) is 18.8. The van der Waals surface area contributed by atoms with Crippen molar-refractivity contribution in [3.63, 3.8) is 0 Å². The Kier molecular flexibility index (Phi) is 9.98. The summed E-state index contributed by atoms with van der Waals surface area (Å²) in [5, 5.41) is 5.22. The van der Waals surface area contributed by atoms with E-state index in [-0.39, 0.29) is 5.41 Å². The number of anilines is 3. The fraction of sp³-hybridized carbons (Fsp3) is 0.134. The average molecular weight is 887 g/mol. The maximum Gasteiger partial charge on any atom is 0.0547 e. The highest BCUT2D eigenvalue weighted by atomic mass is 15.1. The van der Waals surface area contributed by atoms with Gasteiger partial charge in [0.1, 0.15) is 0 Å². The molecule has 1 heterocycles. The third-order valence-corrected chi connectivity index (χ3v) is 15.6. The molecule has 0 N–H and O–H groups in total. The summed E-state index contributed by atoms with van der Waals surface area (Å²) in [4.78, 5) is 2.50. The Morgan fingerprint density at radius 1 is 0.420 bits per heavy atom. The zero-order valence-electron chi connectivity index (χ0n) is 39.4. The molecule has 2 heteroatoms. The number of aromatic nitrogens is 1. The minimum atomic E-state index is -0.0628. The van der Waals surface area contributed by atoms with Crippen molar-refractivity contribution in [3.8, 4) is 50.2 Å². The van der Waals surface area contributed by atoms with Gasteiger partial charge in [-0.25, -0.2) is 0 Å². The second-order valence-electron chi connectivity index (χ2n) is 19.9. The Balaban J connectivity index is 0.987. The molecular weight excluding hydrogens is 833 g/mol. The van der Waals surface area contributed by atoms with Crippen molar-refractivity contribution in [3.05, 3.63) is 241 Å². The Hall–Kier alpha value is -7.94. The van der Waals surface area contributed by atoms with Gasteiger partial charge in [-0.1, -0.05) is 197 Å². The van der Waals surface area contributed by atoms with Crippen LogP contribution in [0.1, 0.15) is 68.6 Å². The smallest absolute Gasteiger partial charge is 0.0547 e. The van der Waals surface area contributed by atoms with Crippen LogP contribution in [0.25, 0.3) is 82.8 Å². The molecule has 0 aliphatic heterocycles. The molecule has 13 rings (SSSR count). The molecule has 2 aliphatic rings. The number of benzene rings is 10. The van der Waals surface area contributed by atoms with Gasteiger partial charge >= 0.3 is 0 Å². The van der Waals surface area contributed by atoms with E-state index in [1.54, 1.807) is 0 Å². The number of nitrogens with zero attached hydrogens (tertiary/aromatic N) is 2. The lowest BCUT2D eigenvalue weighted by Gasteiger charge is -2.29. The van der Waals surface area contributed by atoms with Gasteiger partial charge in [-0.2, -0.15) is 0 Å². The Morgan fingerprint density at radius 3 is 1.93 bits per heavy atom. The van der Waals surface area contributed by atoms with E-state index < -0.39 is 0 Å². The maximum absolute atomic E-state index is 2.50. The van der Waals surface area contributed by atoms with Gasteiger partial charge in [0.05, 0.1) is 16.7 Å². The van der Waals surface area contributed by atoms with Crippen LogP contribution in [0.3, 0.4) is 0 Å². The first kappa shape index (κ1) is 41.3. The standard InChI is InChI=1S/C67H54N2/c1-67(2)60-33-12-9-27-55(60)56-42-39-48(44-61(56)67)45-37-40-51(41-38-45)68(62-34-13-10-28-57(62)58-32-17-22-47-21-16-30-53(65(47)58)46-19-5-3-6-20-46)52-26-15-23-49(43-52)54-31-18-36-64-66(54)59-29-11-14-35-63(59)69(64)50-24-7-4-8-25-50/h4,7-18,21-44,46H,3,5-6,19-20H2,1-2H3. The minimum absolute atomic E-state index is 0.0628. The molecule has 2 aliphatic carbocycles. The van der Waals surface area contributed by atoms with Crippen LogP contribution in [0.2, 0.25) is 0 Å². The van der Waals surface area contributed by atoms with E-state index in [1.165, 1.54) is 126 Å². The van der Waals surface area contributed by atoms with Gasteiger partial charge < -0.3 is 9.47 Å². The summed E-state index contributed by atoms with van der Waals surface area (Å²) in [6.45, 7) is 4.73. The molecule has 0 bridgehead atoms. The summed E-state index contributed by atoms with van der Waals surface area (Å²) in [7, 11) is 0. The van der Waals surface area contributed by atoms with Crippen molar-refractivity contribution in [2.75, 3.05) is 4.90 Å². The van der Waals surface area contributed by atoms with Crippen LogP contribution in [0, 0.1) is 0 Å². The van der Waals surface area contributed by atoms with Gasteiger partial charge in [0, 0.05) is 38.8 Å². The molecular formula is C67H54N2. The molecule has 0 spiro atoms. The van der Waals surface area contributed by atoms with E-state index in [1.807, 2.05) is 0 Å². The number of para-hydroxylation sites is 3. The van der Waals surface area contributed by atoms with Crippen LogP contribution in [0.4, 0.5) is 17.1 Å². The zero-order chi connectivity index (χ0) is 46.1. The average Bonchev–Trinajstić information content (AvgIpc) is 3.87. The second-order valence-corrected chi connectivity index (χ2v) is 19.9. The van der Waals surface area contributed by atoms with Crippen molar-refractivity contribution in [2.45, 2.75) is 57.3 Å². The SMILES string of the molecule is CC1(C)c2ccccc2-c2ccc(-c3ccc(N(c4cccc(-c5cccc6c5c5ccccc5n6-c5ccccc5)c4)c4ccccc4-c4cccc5cccc(C6CCCCC6)c45)cc3)cc21. The molecule has 0 radical (unpaired) electrons. The van der Waals surface area contributed by atoms with Gasteiger partial charge in [0.15, 0.2) is 0 Å². The summed E-state index contributed by atoms with van der Waals surface area (Å²) in [6, 6.07) is 83.9. The number of hydrogen-bond donors (Lipinski definition) is 0. The summed E-state index contributed by atoms with van der Waals surface area (Å²) < 4.78 is 2.41. The van der Waals surface area contributed by atoms with E-state index in [0.29, 0.717) is 5.92 Å². The molecule has 0 saturated heterocycles. The summed E-state index contributed by atoms with van der Waals surface area (Å²) in [6.07, 6.45) is 6.46. The van der Waals surface area contributed by atoms with Gasteiger partial charge in [0.2, 0.25) is 0 Å². The van der Waals surface area contributed by atoms with Crippen LogP contribution in [0.5, 0.6) is 0 Å². The number of hydrogen-bond acceptors (Lipinski definition) is 1. The van der Waals surface area contributed by atoms with Crippen molar-refractivity contribution >= 4 is 49.6 Å². The molecule has 0 amide bonds. The van der Waals surface area contributed by atoms with E-state index in [9.17, 15) is 0 Å². The molecule has 332 valence electrons. The first-order valence-electron chi connectivity index (χ1n) is 25.0. The lowest BCUT2D eigenvalue weighted by Crippen LogP contribution is -2.14. The van der Waals surface area contributed by atoms with E-state index in [4.69, 9.17) is 0 Å². The minimum Gasteiger partial charge on any atom is -0.310 e. The Morgan fingerprint density at radius 2 is 1.07 bits per heavy atom. The quantitative estimate of drug-likeness (QED) is 0.148. The zero-order valence-corrected chi connectivity index (χ0v) is 39.4. The van der Waals surface area contributed by atoms with Crippen molar-refractivity contribution in [1.29, 1.82) is 0 Å². The van der Waals surface area contributed by atoms with E-state index in [2.05, 4.69) is 248 Å². The van der Waals surface area contributed by atoms with E-state index in [0.717, 1.165) is 22.7 Å². The van der Waals surface area contributed by atoms with Crippen molar-refractivity contribution < 1.29 is 0 Å². The molecule has 1 fully saturated rings. The highest BCUT2D eigenvalue weighted by molar-refractivity contribution is 6.16. The maximum atomic E-state index is 2.50. The normalized spacial score (nSPS) is 14.3. The second kappa shape index (κ2) is 16.7. The lowest BCUT2D eigenvalue weighted by atomic mass is 9.80. The van der Waals surface area contributed by atoms with Gasteiger partial charge in [0.25, 0.3) is 0 Å². The van der Waals surface area contributed by atoms with Crippen molar-refractivity contribution in [1.82, 2.24) is 4.57 Å². The molecule has 1 saturated carbocycles. The molecule has 0 unspecified atom stereocenters. The summed E-state index contributed by atoms with van der Waals surface area (Å²) >= 11 is 0. The summed E-state index contributed by atoms with van der Waals surface area (Å²) in [5.41, 5.74) is 21.3. The van der Waals surface area contributed by atoms with Crippen LogP contribution in [-0.2, 0) is 5.41 Å². The fourth-order valence-corrected chi connectivity index (χ4v) is 12.3. The lowest BCUT2D eigenvalue weighted by molar-refractivity contribution is 0.445. The third-order valence-electron chi connectivity index (χ3n) is 15.6. The number of fused-ring (bicyclic) bond motifs is 7. The molecule has 69 heavy (non-hydrogen) atoms. The number of rotatable bonds is 8. The van der Waals surface area contributed by atoms with Crippen LogP contribution < -0.4 is 4.90 Å². The summed E-state index contributed by atoms with van der Waals surface area (Å²) in [5.74, 6) is 0.575. The third kappa shape index (κ3) is 6.84. The molecule has 1 aromatic heterocycles. The molecule has 10 aromatic carbocycles. The van der Waals surface area contributed by atoms with Crippen LogP contribution in [-0.4, -0.2) is 4.57 Å². The molecule has 11 aromatic rings. The molecule has 2 nitrogen and oxygen atoms in total. The topological polar surface area (TPSA) is 8.17 Å². The fourth-order valence-electron chi connectivity index (χ4n) is 12.3. The van der Waals surface area contributed by atoms with Crippen LogP contribution in [0.15, 0.2) is 224 Å². The van der Waals surface area contributed by atoms with Crippen molar-refractivity contribution in [2.24, 2.45) is 0 Å². The highest BCUT2D eigenvalue weighted by Crippen LogP contribution is 2.51. The van der Waals surface area contributed by atoms with Gasteiger partial charge in [-0.15, -0.1) is 0 Å². The largest absolute Gasteiger partial charge is 0.310 e. The first-order chi connectivity index (χ1) is 34.0. The Bertz CT molecular complexity index is 3730. The van der Waals surface area contributed by atoms with Gasteiger partial charge in [-0.3, -0.25) is 0 Å². The highest BCUT2D eigenvalue weighted by Gasteiger charge is 2.35. The molecule has 0 atom stereocenters. The first-order valence-corrected chi connectivity index (χ1v) is 25.0. The Labute approximate surface area is 405 Å². The van der Waals surface area contributed by atoms with Gasteiger partial charge in [-0.05, 0) is 146 Å². The predicted molar refractivity (Wildman–Crippen MR) is 293 cm³/mol. The monoisotopic (exact) mass is 886 g/mol.